The number of halogens is 1. The number of benzene rings is 1. The van der Waals surface area contributed by atoms with Crippen LogP contribution in [0, 0.1) is 18.3 Å². The molecule has 1 aromatic heterocycles. The number of anilines is 1. The summed E-state index contributed by atoms with van der Waals surface area (Å²) in [5.41, 5.74) is 2.29. The summed E-state index contributed by atoms with van der Waals surface area (Å²) in [6, 6.07) is 5.71. The van der Waals surface area contributed by atoms with Gasteiger partial charge in [-0.25, -0.2) is 4.98 Å². The number of aromatic nitrogens is 1. The van der Waals surface area contributed by atoms with Crippen molar-refractivity contribution in [1.29, 1.82) is 5.26 Å². The maximum absolute atomic E-state index is 9.15. The Hall–Kier alpha value is -1.77. The number of nitriles is 1. The second-order valence-corrected chi connectivity index (χ2v) is 5.56. The molecule has 2 rings (SSSR count). The molecule has 98 valence electrons. The lowest BCUT2D eigenvalue weighted by molar-refractivity contribution is 0.412. The Morgan fingerprint density at radius 1 is 1.53 bits per heavy atom. The molecular formula is C13H12ClN3OS. The molecule has 2 aromatic rings. The van der Waals surface area contributed by atoms with Crippen LogP contribution in [0.3, 0.4) is 0 Å². The summed E-state index contributed by atoms with van der Waals surface area (Å²) >= 11 is 7.20. The molecule has 0 radical (unpaired) electrons. The van der Waals surface area contributed by atoms with Gasteiger partial charge in [-0.1, -0.05) is 11.6 Å². The van der Waals surface area contributed by atoms with Crippen LogP contribution in [-0.2, 0) is 6.54 Å². The van der Waals surface area contributed by atoms with E-state index in [2.05, 4.69) is 16.4 Å². The van der Waals surface area contributed by atoms with Crippen LogP contribution < -0.4 is 10.1 Å². The lowest BCUT2D eigenvalue weighted by atomic mass is 10.1. The Morgan fingerprint density at radius 2 is 2.32 bits per heavy atom. The van der Waals surface area contributed by atoms with Crippen LogP contribution in [0.5, 0.6) is 5.75 Å². The summed E-state index contributed by atoms with van der Waals surface area (Å²) < 4.78 is 5.77. The predicted molar refractivity (Wildman–Crippen MR) is 76.9 cm³/mol. The van der Waals surface area contributed by atoms with Gasteiger partial charge >= 0.3 is 0 Å². The average Bonchev–Trinajstić information content (AvgIpc) is 2.82. The number of hydrogen-bond donors (Lipinski definition) is 1. The first-order chi connectivity index (χ1) is 9.15. The summed E-state index contributed by atoms with van der Waals surface area (Å²) in [4.78, 5) is 4.99. The van der Waals surface area contributed by atoms with Crippen LogP contribution in [0.15, 0.2) is 18.3 Å². The normalized spacial score (nSPS) is 10.0. The van der Waals surface area contributed by atoms with Gasteiger partial charge in [0.15, 0.2) is 4.47 Å². The Labute approximate surface area is 120 Å². The molecule has 0 aliphatic rings. The molecule has 0 unspecified atom stereocenters. The van der Waals surface area contributed by atoms with Crippen molar-refractivity contribution in [1.82, 2.24) is 4.98 Å². The number of hydrogen-bond acceptors (Lipinski definition) is 5. The van der Waals surface area contributed by atoms with E-state index in [0.717, 1.165) is 21.9 Å². The molecule has 0 aliphatic carbocycles. The fraction of sp³-hybridized carbons (Fsp3) is 0.231. The highest BCUT2D eigenvalue weighted by Crippen LogP contribution is 2.29. The summed E-state index contributed by atoms with van der Waals surface area (Å²) in [6.07, 6.45) is 1.72. The van der Waals surface area contributed by atoms with Crippen molar-refractivity contribution in [2.75, 3.05) is 12.4 Å². The van der Waals surface area contributed by atoms with Crippen molar-refractivity contribution in [2.45, 2.75) is 13.5 Å². The minimum Gasteiger partial charge on any atom is -0.496 e. The maximum atomic E-state index is 9.15. The lowest BCUT2D eigenvalue weighted by Gasteiger charge is -2.13. The van der Waals surface area contributed by atoms with Crippen LogP contribution in [0.2, 0.25) is 4.47 Å². The zero-order chi connectivity index (χ0) is 13.8. The first kappa shape index (κ1) is 13.7. The van der Waals surface area contributed by atoms with Gasteiger partial charge in [0.2, 0.25) is 0 Å². The Kier molecular flexibility index (Phi) is 4.25. The Balaban J connectivity index is 2.25. The molecule has 6 heteroatoms. The highest BCUT2D eigenvalue weighted by atomic mass is 35.5. The average molecular weight is 294 g/mol. The topological polar surface area (TPSA) is 57.9 Å². The van der Waals surface area contributed by atoms with Crippen molar-refractivity contribution in [3.05, 3.63) is 38.8 Å². The number of ether oxygens (including phenoxy) is 1. The first-order valence-electron chi connectivity index (χ1n) is 5.57. The number of thiazole rings is 1. The largest absolute Gasteiger partial charge is 0.496 e. The number of nitrogens with one attached hydrogen (secondary N) is 1. The fourth-order valence-corrected chi connectivity index (χ4v) is 2.69. The van der Waals surface area contributed by atoms with E-state index in [-0.39, 0.29) is 0 Å². The van der Waals surface area contributed by atoms with Gasteiger partial charge in [0.25, 0.3) is 0 Å². The SMILES string of the molecule is COc1ccc(C#N)c(NCc2cnc(Cl)s2)c1C. The molecule has 4 nitrogen and oxygen atoms in total. The smallest absolute Gasteiger partial charge is 0.183 e. The van der Waals surface area contributed by atoms with E-state index in [0.29, 0.717) is 16.6 Å². The minimum atomic E-state index is 0.514. The molecule has 0 saturated heterocycles. The molecular weight excluding hydrogens is 282 g/mol. The van der Waals surface area contributed by atoms with Crippen molar-refractivity contribution < 1.29 is 4.74 Å². The molecule has 19 heavy (non-hydrogen) atoms. The van der Waals surface area contributed by atoms with Crippen LogP contribution in [0.4, 0.5) is 5.69 Å². The molecule has 0 spiro atoms. The van der Waals surface area contributed by atoms with Crippen LogP contribution in [0.1, 0.15) is 16.0 Å². The molecule has 0 fully saturated rings. The van der Waals surface area contributed by atoms with Crippen LogP contribution in [0.25, 0.3) is 0 Å². The minimum absolute atomic E-state index is 0.514. The van der Waals surface area contributed by atoms with Crippen molar-refractivity contribution in [2.24, 2.45) is 0 Å². The molecule has 1 aromatic carbocycles. The summed E-state index contributed by atoms with van der Waals surface area (Å²) in [5.74, 6) is 0.754. The third-order valence-corrected chi connectivity index (χ3v) is 3.84. The second-order valence-electron chi connectivity index (χ2n) is 3.86. The maximum Gasteiger partial charge on any atom is 0.183 e. The highest BCUT2D eigenvalue weighted by Gasteiger charge is 2.10. The van der Waals surface area contributed by atoms with Crippen molar-refractivity contribution in [3.8, 4) is 11.8 Å². The predicted octanol–water partition coefficient (Wildman–Crippen LogP) is 3.60. The molecule has 0 amide bonds. The molecule has 1 heterocycles. The molecule has 0 bridgehead atoms. The van der Waals surface area contributed by atoms with Gasteiger partial charge in [0.05, 0.1) is 24.9 Å². The Bertz CT molecular complexity index is 633. The van der Waals surface area contributed by atoms with E-state index in [4.69, 9.17) is 21.6 Å². The summed E-state index contributed by atoms with van der Waals surface area (Å²) in [7, 11) is 1.61. The molecule has 0 saturated carbocycles. The van der Waals surface area contributed by atoms with Gasteiger partial charge in [-0.2, -0.15) is 5.26 Å². The van der Waals surface area contributed by atoms with Gasteiger partial charge in [0, 0.05) is 16.6 Å². The third-order valence-electron chi connectivity index (χ3n) is 2.72. The quantitative estimate of drug-likeness (QED) is 0.936. The lowest BCUT2D eigenvalue weighted by Crippen LogP contribution is -2.03. The fourth-order valence-electron chi connectivity index (χ4n) is 1.78. The number of rotatable bonds is 4. The van der Waals surface area contributed by atoms with E-state index in [9.17, 15) is 0 Å². The van der Waals surface area contributed by atoms with Crippen molar-refractivity contribution >= 4 is 28.6 Å². The molecule has 0 aliphatic heterocycles. The standard InChI is InChI=1S/C13H12ClN3OS/c1-8-11(18-2)4-3-9(5-15)12(8)16-6-10-7-17-13(14)19-10/h3-4,7,16H,6H2,1-2H3. The number of nitrogens with zero attached hydrogens (tertiary/aromatic N) is 2. The van der Waals surface area contributed by atoms with Crippen LogP contribution >= 0.6 is 22.9 Å². The van der Waals surface area contributed by atoms with E-state index in [1.807, 2.05) is 6.92 Å². The number of methoxy groups -OCH3 is 1. The summed E-state index contributed by atoms with van der Waals surface area (Å²) in [5, 5.41) is 12.4. The van der Waals surface area contributed by atoms with Gasteiger partial charge < -0.3 is 10.1 Å². The van der Waals surface area contributed by atoms with Gasteiger partial charge in [-0.05, 0) is 19.1 Å². The van der Waals surface area contributed by atoms with Crippen LogP contribution in [-0.4, -0.2) is 12.1 Å². The van der Waals surface area contributed by atoms with E-state index in [1.54, 1.807) is 25.4 Å². The van der Waals surface area contributed by atoms with E-state index < -0.39 is 0 Å². The second kappa shape index (κ2) is 5.91. The highest BCUT2D eigenvalue weighted by molar-refractivity contribution is 7.15. The first-order valence-corrected chi connectivity index (χ1v) is 6.77. The zero-order valence-electron chi connectivity index (χ0n) is 10.5. The van der Waals surface area contributed by atoms with E-state index >= 15 is 0 Å². The monoisotopic (exact) mass is 293 g/mol. The zero-order valence-corrected chi connectivity index (χ0v) is 12.1. The van der Waals surface area contributed by atoms with Gasteiger partial charge in [-0.15, -0.1) is 11.3 Å². The van der Waals surface area contributed by atoms with Gasteiger partial charge in [-0.3, -0.25) is 0 Å². The van der Waals surface area contributed by atoms with E-state index in [1.165, 1.54) is 11.3 Å². The molecule has 0 atom stereocenters. The Morgan fingerprint density at radius 3 is 2.89 bits per heavy atom. The third kappa shape index (κ3) is 2.98. The van der Waals surface area contributed by atoms with Gasteiger partial charge in [0.1, 0.15) is 11.8 Å². The molecule has 1 N–H and O–H groups in total. The summed E-state index contributed by atoms with van der Waals surface area (Å²) in [6.45, 7) is 2.49. The van der Waals surface area contributed by atoms with Crippen molar-refractivity contribution in [3.63, 3.8) is 0 Å².